The molecule has 0 spiro atoms. The zero-order chi connectivity index (χ0) is 13.3. The second-order valence-corrected chi connectivity index (χ2v) is 5.27. The standard InChI is InChI=1S/C15H29N3/c1-4-6-9-12-17-14(16-3)18-13-15(5-2)10-7-8-11-15/h4,6H,5,7-13H2,1-3H3,(H2,16,17,18)/b6-4+. The van der Waals surface area contributed by atoms with Crippen LogP contribution in [0.15, 0.2) is 17.1 Å². The van der Waals surface area contributed by atoms with Crippen LogP contribution in [0, 0.1) is 5.41 Å². The van der Waals surface area contributed by atoms with Crippen molar-refractivity contribution in [3.05, 3.63) is 12.2 Å². The number of rotatable bonds is 6. The Morgan fingerprint density at radius 2 is 2.00 bits per heavy atom. The van der Waals surface area contributed by atoms with Crippen molar-refractivity contribution < 1.29 is 0 Å². The van der Waals surface area contributed by atoms with Crippen molar-refractivity contribution >= 4 is 5.96 Å². The van der Waals surface area contributed by atoms with Gasteiger partial charge in [-0.3, -0.25) is 4.99 Å². The number of hydrogen-bond donors (Lipinski definition) is 2. The number of hydrogen-bond acceptors (Lipinski definition) is 1. The van der Waals surface area contributed by atoms with Crippen molar-refractivity contribution in [1.29, 1.82) is 0 Å². The Balaban J connectivity index is 2.30. The summed E-state index contributed by atoms with van der Waals surface area (Å²) in [4.78, 5) is 4.28. The van der Waals surface area contributed by atoms with Gasteiger partial charge in [-0.2, -0.15) is 0 Å². The number of guanidine groups is 1. The Hall–Kier alpha value is -0.990. The largest absolute Gasteiger partial charge is 0.356 e. The molecule has 3 heteroatoms. The molecule has 1 rings (SSSR count). The molecule has 2 N–H and O–H groups in total. The van der Waals surface area contributed by atoms with E-state index in [-0.39, 0.29) is 0 Å². The van der Waals surface area contributed by atoms with Crippen molar-refractivity contribution in [2.45, 2.75) is 52.4 Å². The van der Waals surface area contributed by atoms with Gasteiger partial charge in [0.2, 0.25) is 0 Å². The zero-order valence-electron chi connectivity index (χ0n) is 12.3. The minimum absolute atomic E-state index is 0.515. The van der Waals surface area contributed by atoms with Crippen LogP contribution in [0.1, 0.15) is 52.4 Å². The second kappa shape index (κ2) is 8.17. The summed E-state index contributed by atoms with van der Waals surface area (Å²) in [6.45, 7) is 6.38. The molecule has 0 aromatic heterocycles. The van der Waals surface area contributed by atoms with E-state index in [2.05, 4.69) is 41.6 Å². The quantitative estimate of drug-likeness (QED) is 0.329. The van der Waals surface area contributed by atoms with E-state index in [0.29, 0.717) is 5.41 Å². The average Bonchev–Trinajstić information content (AvgIpc) is 2.87. The van der Waals surface area contributed by atoms with Crippen molar-refractivity contribution in [2.24, 2.45) is 10.4 Å². The monoisotopic (exact) mass is 251 g/mol. The molecule has 0 atom stereocenters. The first kappa shape index (κ1) is 15.1. The first-order valence-corrected chi connectivity index (χ1v) is 7.32. The van der Waals surface area contributed by atoms with Gasteiger partial charge < -0.3 is 10.6 Å². The molecule has 1 fully saturated rings. The Morgan fingerprint density at radius 3 is 2.56 bits per heavy atom. The molecule has 0 amide bonds. The van der Waals surface area contributed by atoms with Crippen molar-refractivity contribution in [2.75, 3.05) is 20.1 Å². The van der Waals surface area contributed by atoms with Gasteiger partial charge in [-0.15, -0.1) is 0 Å². The summed E-state index contributed by atoms with van der Waals surface area (Å²) in [6, 6.07) is 0. The van der Waals surface area contributed by atoms with Crippen molar-refractivity contribution in [3.8, 4) is 0 Å². The molecule has 0 heterocycles. The van der Waals surface area contributed by atoms with Crippen LogP contribution in [0.5, 0.6) is 0 Å². The van der Waals surface area contributed by atoms with Gasteiger partial charge in [0.15, 0.2) is 5.96 Å². The lowest BCUT2D eigenvalue weighted by Crippen LogP contribution is -2.43. The lowest BCUT2D eigenvalue weighted by Gasteiger charge is -2.28. The summed E-state index contributed by atoms with van der Waals surface area (Å²) in [5.41, 5.74) is 0.515. The van der Waals surface area contributed by atoms with Gasteiger partial charge in [0, 0.05) is 20.1 Å². The van der Waals surface area contributed by atoms with Crippen LogP contribution in [0.2, 0.25) is 0 Å². The maximum Gasteiger partial charge on any atom is 0.191 e. The lowest BCUT2D eigenvalue weighted by molar-refractivity contribution is 0.283. The highest BCUT2D eigenvalue weighted by Gasteiger charge is 2.31. The summed E-state index contributed by atoms with van der Waals surface area (Å²) in [7, 11) is 1.85. The van der Waals surface area contributed by atoms with Gasteiger partial charge in [0.25, 0.3) is 0 Å². The number of aliphatic imine (C=N–C) groups is 1. The van der Waals surface area contributed by atoms with Crippen LogP contribution in [0.4, 0.5) is 0 Å². The fourth-order valence-electron chi connectivity index (χ4n) is 2.71. The molecule has 0 radical (unpaired) electrons. The normalized spacial score (nSPS) is 19.4. The van der Waals surface area contributed by atoms with Crippen LogP contribution in [-0.4, -0.2) is 26.1 Å². The number of nitrogens with one attached hydrogen (secondary N) is 2. The van der Waals surface area contributed by atoms with Crippen molar-refractivity contribution in [3.63, 3.8) is 0 Å². The minimum Gasteiger partial charge on any atom is -0.356 e. The van der Waals surface area contributed by atoms with E-state index in [0.717, 1.165) is 25.5 Å². The van der Waals surface area contributed by atoms with Crippen LogP contribution in [0.25, 0.3) is 0 Å². The third-order valence-corrected chi connectivity index (χ3v) is 4.11. The van der Waals surface area contributed by atoms with Crippen LogP contribution >= 0.6 is 0 Å². The molecule has 18 heavy (non-hydrogen) atoms. The molecule has 0 saturated heterocycles. The van der Waals surface area contributed by atoms with Gasteiger partial charge in [-0.1, -0.05) is 31.9 Å². The van der Waals surface area contributed by atoms with Crippen LogP contribution in [0.3, 0.4) is 0 Å². The predicted molar refractivity (Wildman–Crippen MR) is 80.0 cm³/mol. The zero-order valence-corrected chi connectivity index (χ0v) is 12.3. The van der Waals surface area contributed by atoms with E-state index in [4.69, 9.17) is 0 Å². The summed E-state index contributed by atoms with van der Waals surface area (Å²) in [5, 5.41) is 6.85. The highest BCUT2D eigenvalue weighted by atomic mass is 15.2. The fourth-order valence-corrected chi connectivity index (χ4v) is 2.71. The van der Waals surface area contributed by atoms with E-state index in [1.807, 2.05) is 7.05 Å². The van der Waals surface area contributed by atoms with E-state index < -0.39 is 0 Å². The first-order valence-electron chi connectivity index (χ1n) is 7.32. The van der Waals surface area contributed by atoms with Gasteiger partial charge in [0.05, 0.1) is 0 Å². The smallest absolute Gasteiger partial charge is 0.191 e. The molecule has 0 unspecified atom stereocenters. The van der Waals surface area contributed by atoms with E-state index in [1.165, 1.54) is 32.1 Å². The molecule has 3 nitrogen and oxygen atoms in total. The predicted octanol–water partition coefficient (Wildman–Crippen LogP) is 3.09. The van der Waals surface area contributed by atoms with Gasteiger partial charge >= 0.3 is 0 Å². The van der Waals surface area contributed by atoms with Gasteiger partial charge in [-0.25, -0.2) is 0 Å². The van der Waals surface area contributed by atoms with Gasteiger partial charge in [-0.05, 0) is 38.0 Å². The molecule has 1 aliphatic carbocycles. The summed E-state index contributed by atoms with van der Waals surface area (Å²) in [6.07, 6.45) is 12.1. The van der Waals surface area contributed by atoms with E-state index >= 15 is 0 Å². The average molecular weight is 251 g/mol. The highest BCUT2D eigenvalue weighted by molar-refractivity contribution is 5.79. The molecule has 104 valence electrons. The Labute approximate surface area is 112 Å². The molecule has 1 aliphatic rings. The van der Waals surface area contributed by atoms with Gasteiger partial charge in [0.1, 0.15) is 0 Å². The molecule has 0 aliphatic heterocycles. The van der Waals surface area contributed by atoms with Crippen LogP contribution in [-0.2, 0) is 0 Å². The molecule has 0 aromatic rings. The highest BCUT2D eigenvalue weighted by Crippen LogP contribution is 2.40. The second-order valence-electron chi connectivity index (χ2n) is 5.27. The molecule has 0 bridgehead atoms. The van der Waals surface area contributed by atoms with Crippen LogP contribution < -0.4 is 10.6 Å². The third-order valence-electron chi connectivity index (χ3n) is 4.11. The Bertz CT molecular complexity index is 275. The Kier molecular flexibility index (Phi) is 6.84. The molecular weight excluding hydrogens is 222 g/mol. The maximum absolute atomic E-state index is 4.28. The van der Waals surface area contributed by atoms with Crippen molar-refractivity contribution in [1.82, 2.24) is 10.6 Å². The van der Waals surface area contributed by atoms with E-state index in [9.17, 15) is 0 Å². The molecule has 0 aromatic carbocycles. The number of nitrogens with zero attached hydrogens (tertiary/aromatic N) is 1. The Morgan fingerprint density at radius 1 is 1.28 bits per heavy atom. The SMILES string of the molecule is C/C=C/CCNC(=NC)NCC1(CC)CCCC1. The number of allylic oxidation sites excluding steroid dienone is 1. The van der Waals surface area contributed by atoms with E-state index in [1.54, 1.807) is 0 Å². The minimum atomic E-state index is 0.515. The third kappa shape index (κ3) is 4.71. The summed E-state index contributed by atoms with van der Waals surface area (Å²) in [5.74, 6) is 0.944. The maximum atomic E-state index is 4.28. The molecule has 1 saturated carbocycles. The fraction of sp³-hybridized carbons (Fsp3) is 0.800. The lowest BCUT2D eigenvalue weighted by atomic mass is 9.83. The summed E-state index contributed by atoms with van der Waals surface area (Å²) >= 11 is 0. The molecular formula is C15H29N3. The summed E-state index contributed by atoms with van der Waals surface area (Å²) < 4.78 is 0. The topological polar surface area (TPSA) is 36.4 Å². The first-order chi connectivity index (χ1) is 8.76.